The fourth-order valence-electron chi connectivity index (χ4n) is 2.05. The van der Waals surface area contributed by atoms with E-state index in [1.165, 1.54) is 11.0 Å². The zero-order chi connectivity index (χ0) is 14.0. The van der Waals surface area contributed by atoms with Crippen LogP contribution < -0.4 is 0 Å². The molecule has 1 aliphatic rings. The number of phenolic OH excluding ortho intramolecular Hbond substituents is 1. The molecule has 0 aromatic heterocycles. The van der Waals surface area contributed by atoms with Crippen LogP contribution in [0.4, 0.5) is 4.39 Å². The summed E-state index contributed by atoms with van der Waals surface area (Å²) in [4.78, 5) is 13.8. The van der Waals surface area contributed by atoms with Gasteiger partial charge in [-0.2, -0.15) is 0 Å². The quantitative estimate of drug-likeness (QED) is 0.831. The molecule has 6 heteroatoms. The summed E-state index contributed by atoms with van der Waals surface area (Å²) < 4.78 is 18.2. The van der Waals surface area contributed by atoms with Crippen LogP contribution in [0.5, 0.6) is 5.75 Å². The number of morpholine rings is 1. The molecular weight excluding hydrogens is 253 g/mol. The Morgan fingerprint density at radius 2 is 2.32 bits per heavy atom. The molecule has 2 atom stereocenters. The maximum atomic E-state index is 12.9. The van der Waals surface area contributed by atoms with Crippen molar-refractivity contribution < 1.29 is 24.1 Å². The number of amides is 1. The molecule has 1 heterocycles. The Morgan fingerprint density at radius 1 is 1.58 bits per heavy atom. The normalized spacial score (nSPS) is 23.4. The fraction of sp³-hybridized carbons (Fsp3) is 0.462. The molecule has 1 aromatic rings. The number of aliphatic hydroxyl groups excluding tert-OH is 1. The lowest BCUT2D eigenvalue weighted by Crippen LogP contribution is -2.52. The number of nitrogens with zero attached hydrogens (tertiary/aromatic N) is 1. The van der Waals surface area contributed by atoms with Crippen LogP contribution in [0.25, 0.3) is 0 Å². The third-order valence-corrected chi connectivity index (χ3v) is 3.16. The van der Waals surface area contributed by atoms with E-state index >= 15 is 0 Å². The first-order valence-corrected chi connectivity index (χ1v) is 6.05. The van der Waals surface area contributed by atoms with E-state index in [0.717, 1.165) is 12.1 Å². The highest BCUT2D eigenvalue weighted by molar-refractivity contribution is 5.97. The monoisotopic (exact) mass is 269 g/mol. The van der Waals surface area contributed by atoms with E-state index in [0.29, 0.717) is 6.61 Å². The molecule has 0 spiro atoms. The van der Waals surface area contributed by atoms with Crippen LogP contribution in [-0.4, -0.2) is 52.9 Å². The summed E-state index contributed by atoms with van der Waals surface area (Å²) in [6, 6.07) is 3.12. The van der Waals surface area contributed by atoms with Crippen molar-refractivity contribution in [2.45, 2.75) is 19.1 Å². The molecule has 1 aliphatic heterocycles. The van der Waals surface area contributed by atoms with Gasteiger partial charge in [-0.3, -0.25) is 4.79 Å². The van der Waals surface area contributed by atoms with Gasteiger partial charge < -0.3 is 19.8 Å². The molecule has 19 heavy (non-hydrogen) atoms. The second kappa shape index (κ2) is 5.54. The van der Waals surface area contributed by atoms with Gasteiger partial charge in [0.2, 0.25) is 0 Å². The number of carbonyl (C=O) groups is 1. The number of phenols is 1. The topological polar surface area (TPSA) is 70.0 Å². The number of ether oxygens (including phenoxy) is 1. The number of benzene rings is 1. The van der Waals surface area contributed by atoms with Gasteiger partial charge in [-0.05, 0) is 19.1 Å². The van der Waals surface area contributed by atoms with Crippen molar-refractivity contribution in [2.75, 3.05) is 19.8 Å². The average molecular weight is 269 g/mol. The lowest BCUT2D eigenvalue weighted by molar-refractivity contribution is -0.0667. The molecule has 2 N–H and O–H groups in total. The van der Waals surface area contributed by atoms with Crippen molar-refractivity contribution in [3.63, 3.8) is 0 Å². The minimum absolute atomic E-state index is 0.0480. The molecule has 0 bridgehead atoms. The lowest BCUT2D eigenvalue weighted by atomic mass is 10.1. The van der Waals surface area contributed by atoms with Gasteiger partial charge in [-0.1, -0.05) is 0 Å². The molecule has 0 saturated carbocycles. The Labute approximate surface area is 110 Å². The Kier molecular flexibility index (Phi) is 4.01. The van der Waals surface area contributed by atoms with Crippen LogP contribution in [0.3, 0.4) is 0 Å². The molecule has 1 aromatic carbocycles. The molecule has 2 rings (SSSR count). The molecular formula is C13H16FNO4. The lowest BCUT2D eigenvalue weighted by Gasteiger charge is -2.37. The third kappa shape index (κ3) is 2.85. The summed E-state index contributed by atoms with van der Waals surface area (Å²) in [7, 11) is 0. The summed E-state index contributed by atoms with van der Waals surface area (Å²) in [5.41, 5.74) is 0.0480. The fourth-order valence-corrected chi connectivity index (χ4v) is 2.05. The third-order valence-electron chi connectivity index (χ3n) is 3.16. The largest absolute Gasteiger partial charge is 0.507 e. The number of aromatic hydroxyl groups is 1. The van der Waals surface area contributed by atoms with Crippen LogP contribution in [0.15, 0.2) is 18.2 Å². The predicted octanol–water partition coefficient (Wildman–Crippen LogP) is 0.753. The van der Waals surface area contributed by atoms with E-state index in [1.54, 1.807) is 0 Å². The summed E-state index contributed by atoms with van der Waals surface area (Å²) in [5, 5.41) is 18.7. The molecule has 1 fully saturated rings. The highest BCUT2D eigenvalue weighted by Gasteiger charge is 2.31. The van der Waals surface area contributed by atoms with E-state index in [4.69, 9.17) is 9.84 Å². The molecule has 0 radical (unpaired) electrons. The second-order valence-electron chi connectivity index (χ2n) is 4.61. The standard InChI is InChI=1S/C13H16FNO4/c1-8-7-19-10(6-16)5-15(8)13(18)11-3-2-9(14)4-12(11)17/h2-4,8,10,16-17H,5-7H2,1H3. The minimum atomic E-state index is -0.600. The Bertz CT molecular complexity index is 480. The molecule has 0 aliphatic carbocycles. The first-order chi connectivity index (χ1) is 9.02. The second-order valence-corrected chi connectivity index (χ2v) is 4.61. The Morgan fingerprint density at radius 3 is 2.95 bits per heavy atom. The molecule has 5 nitrogen and oxygen atoms in total. The first-order valence-electron chi connectivity index (χ1n) is 6.05. The maximum Gasteiger partial charge on any atom is 0.258 e. The van der Waals surface area contributed by atoms with Crippen LogP contribution in [0.2, 0.25) is 0 Å². The van der Waals surface area contributed by atoms with Crippen LogP contribution in [0.1, 0.15) is 17.3 Å². The van der Waals surface area contributed by atoms with Crippen LogP contribution in [0, 0.1) is 5.82 Å². The predicted molar refractivity (Wildman–Crippen MR) is 65.4 cm³/mol. The maximum absolute atomic E-state index is 12.9. The number of rotatable bonds is 2. The van der Waals surface area contributed by atoms with Gasteiger partial charge in [-0.25, -0.2) is 4.39 Å². The van der Waals surface area contributed by atoms with E-state index in [2.05, 4.69) is 0 Å². The van der Waals surface area contributed by atoms with E-state index in [-0.39, 0.29) is 30.5 Å². The number of halogens is 1. The van der Waals surface area contributed by atoms with E-state index < -0.39 is 17.8 Å². The van der Waals surface area contributed by atoms with Crippen molar-refractivity contribution >= 4 is 5.91 Å². The number of hydrogen-bond acceptors (Lipinski definition) is 4. The van der Waals surface area contributed by atoms with Gasteiger partial charge in [0.15, 0.2) is 0 Å². The first kappa shape index (κ1) is 13.8. The van der Waals surface area contributed by atoms with Crippen molar-refractivity contribution in [2.24, 2.45) is 0 Å². The van der Waals surface area contributed by atoms with Crippen molar-refractivity contribution in [3.05, 3.63) is 29.6 Å². The Balaban J connectivity index is 2.22. The van der Waals surface area contributed by atoms with Crippen molar-refractivity contribution in [1.82, 2.24) is 4.90 Å². The minimum Gasteiger partial charge on any atom is -0.507 e. The molecule has 1 saturated heterocycles. The molecule has 104 valence electrons. The van der Waals surface area contributed by atoms with Gasteiger partial charge in [0, 0.05) is 12.6 Å². The van der Waals surface area contributed by atoms with Gasteiger partial charge in [0.05, 0.1) is 30.9 Å². The number of carbonyl (C=O) groups excluding carboxylic acids is 1. The SMILES string of the molecule is CC1COC(CO)CN1C(=O)c1ccc(F)cc1O. The van der Waals surface area contributed by atoms with E-state index in [9.17, 15) is 14.3 Å². The average Bonchev–Trinajstić information content (AvgIpc) is 2.38. The highest BCUT2D eigenvalue weighted by Crippen LogP contribution is 2.22. The molecule has 2 unspecified atom stereocenters. The van der Waals surface area contributed by atoms with Gasteiger partial charge in [0.25, 0.3) is 5.91 Å². The zero-order valence-electron chi connectivity index (χ0n) is 10.5. The van der Waals surface area contributed by atoms with Crippen LogP contribution in [-0.2, 0) is 4.74 Å². The van der Waals surface area contributed by atoms with E-state index in [1.807, 2.05) is 6.92 Å². The van der Waals surface area contributed by atoms with Gasteiger partial charge in [0.1, 0.15) is 11.6 Å². The summed E-state index contributed by atoms with van der Waals surface area (Å²) in [5.74, 6) is -1.38. The number of aliphatic hydroxyl groups is 1. The summed E-state index contributed by atoms with van der Waals surface area (Å²) in [6.07, 6.45) is -0.428. The van der Waals surface area contributed by atoms with Gasteiger partial charge >= 0.3 is 0 Å². The van der Waals surface area contributed by atoms with Crippen molar-refractivity contribution in [1.29, 1.82) is 0 Å². The summed E-state index contributed by atoms with van der Waals surface area (Å²) >= 11 is 0. The summed E-state index contributed by atoms with van der Waals surface area (Å²) in [6.45, 7) is 2.20. The highest BCUT2D eigenvalue weighted by atomic mass is 19.1. The smallest absolute Gasteiger partial charge is 0.258 e. The van der Waals surface area contributed by atoms with Crippen LogP contribution >= 0.6 is 0 Å². The zero-order valence-corrected chi connectivity index (χ0v) is 10.5. The molecule has 1 amide bonds. The van der Waals surface area contributed by atoms with Gasteiger partial charge in [-0.15, -0.1) is 0 Å². The number of hydrogen-bond donors (Lipinski definition) is 2. The Hall–Kier alpha value is -1.66. The van der Waals surface area contributed by atoms with Crippen molar-refractivity contribution in [3.8, 4) is 5.75 Å².